The number of carbonyl (C=O) groups excluding carboxylic acids is 1. The van der Waals surface area contributed by atoms with Crippen LogP contribution >= 0.6 is 0 Å². The van der Waals surface area contributed by atoms with Crippen molar-refractivity contribution in [1.29, 1.82) is 0 Å². The SMILES string of the molecule is O=C(NCCC1=CCCCC1)c1coc(-c2ccc(C(F)(F)F)cc2)n1. The van der Waals surface area contributed by atoms with Gasteiger partial charge in [0.1, 0.15) is 6.26 Å². The van der Waals surface area contributed by atoms with E-state index in [9.17, 15) is 18.0 Å². The number of nitrogens with one attached hydrogen (secondary N) is 1. The Bertz CT molecular complexity index is 792. The zero-order chi connectivity index (χ0) is 18.6. The minimum atomic E-state index is -4.39. The van der Waals surface area contributed by atoms with E-state index in [1.807, 2.05) is 0 Å². The second-order valence-electron chi connectivity index (χ2n) is 6.23. The first-order valence-electron chi connectivity index (χ1n) is 8.53. The first kappa shape index (κ1) is 18.2. The van der Waals surface area contributed by atoms with E-state index in [-0.39, 0.29) is 17.5 Å². The van der Waals surface area contributed by atoms with Crippen LogP contribution in [-0.2, 0) is 6.18 Å². The van der Waals surface area contributed by atoms with Crippen LogP contribution in [0.25, 0.3) is 11.5 Å². The molecule has 1 aromatic carbocycles. The summed E-state index contributed by atoms with van der Waals surface area (Å²) in [6, 6.07) is 4.45. The number of oxazole rings is 1. The van der Waals surface area contributed by atoms with Crippen LogP contribution in [0, 0.1) is 0 Å². The van der Waals surface area contributed by atoms with Crippen molar-refractivity contribution in [3.63, 3.8) is 0 Å². The Hall–Kier alpha value is -2.57. The molecule has 0 spiro atoms. The van der Waals surface area contributed by atoms with E-state index in [1.165, 1.54) is 36.8 Å². The standard InChI is InChI=1S/C19H19F3N2O2/c20-19(21,22)15-8-6-14(7-9-15)18-24-16(12-26-18)17(25)23-11-10-13-4-2-1-3-5-13/h4,6-9,12H,1-3,5,10-11H2,(H,23,25). The highest BCUT2D eigenvalue weighted by Crippen LogP contribution is 2.30. The largest absolute Gasteiger partial charge is 0.444 e. The topological polar surface area (TPSA) is 55.1 Å². The molecule has 1 N–H and O–H groups in total. The molecule has 3 rings (SSSR count). The molecular formula is C19H19F3N2O2. The maximum Gasteiger partial charge on any atom is 0.416 e. The number of nitrogens with zero attached hydrogens (tertiary/aromatic N) is 1. The molecule has 0 radical (unpaired) electrons. The number of benzene rings is 1. The molecule has 0 fully saturated rings. The van der Waals surface area contributed by atoms with Gasteiger partial charge in [0.2, 0.25) is 5.89 Å². The van der Waals surface area contributed by atoms with Gasteiger partial charge in [0, 0.05) is 12.1 Å². The predicted octanol–water partition coefficient (Wildman–Crippen LogP) is 4.98. The van der Waals surface area contributed by atoms with Crippen molar-refractivity contribution in [2.75, 3.05) is 6.54 Å². The van der Waals surface area contributed by atoms with Gasteiger partial charge in [0.15, 0.2) is 5.69 Å². The van der Waals surface area contributed by atoms with Crippen molar-refractivity contribution >= 4 is 5.91 Å². The average molecular weight is 364 g/mol. The van der Waals surface area contributed by atoms with Crippen LogP contribution in [0.4, 0.5) is 13.2 Å². The van der Waals surface area contributed by atoms with E-state index >= 15 is 0 Å². The van der Waals surface area contributed by atoms with E-state index < -0.39 is 11.7 Å². The van der Waals surface area contributed by atoms with E-state index in [1.54, 1.807) is 0 Å². The fourth-order valence-electron chi connectivity index (χ4n) is 2.87. The summed E-state index contributed by atoms with van der Waals surface area (Å²) in [7, 11) is 0. The van der Waals surface area contributed by atoms with Crippen molar-refractivity contribution in [3.8, 4) is 11.5 Å². The van der Waals surface area contributed by atoms with Gasteiger partial charge in [-0.2, -0.15) is 13.2 Å². The van der Waals surface area contributed by atoms with Gasteiger partial charge >= 0.3 is 6.18 Å². The molecule has 1 heterocycles. The molecule has 0 saturated heterocycles. The first-order valence-corrected chi connectivity index (χ1v) is 8.53. The molecule has 1 amide bonds. The third-order valence-electron chi connectivity index (χ3n) is 4.31. The maximum absolute atomic E-state index is 12.6. The summed E-state index contributed by atoms with van der Waals surface area (Å²) in [6.07, 6.45) is 4.46. The van der Waals surface area contributed by atoms with Crippen LogP contribution in [0.5, 0.6) is 0 Å². The minimum absolute atomic E-state index is 0.109. The number of allylic oxidation sites excluding steroid dienone is 1. The second kappa shape index (κ2) is 7.76. The molecule has 7 heteroatoms. The average Bonchev–Trinajstić information content (AvgIpc) is 3.12. The third kappa shape index (κ3) is 4.53. The van der Waals surface area contributed by atoms with Crippen molar-refractivity contribution in [3.05, 3.63) is 53.4 Å². The molecule has 0 unspecified atom stereocenters. The summed E-state index contributed by atoms with van der Waals surface area (Å²) in [5, 5.41) is 2.79. The van der Waals surface area contributed by atoms with Crippen molar-refractivity contribution in [1.82, 2.24) is 10.3 Å². The zero-order valence-corrected chi connectivity index (χ0v) is 14.1. The van der Waals surface area contributed by atoms with Crippen LogP contribution in [0.2, 0.25) is 0 Å². The summed E-state index contributed by atoms with van der Waals surface area (Å²) in [6.45, 7) is 0.521. The monoisotopic (exact) mass is 364 g/mol. The summed E-state index contributed by atoms with van der Waals surface area (Å²) in [5.74, 6) is -0.248. The number of aromatic nitrogens is 1. The lowest BCUT2D eigenvalue weighted by atomic mass is 9.97. The number of hydrogen-bond acceptors (Lipinski definition) is 3. The smallest absolute Gasteiger partial charge is 0.416 e. The Kier molecular flexibility index (Phi) is 5.44. The Morgan fingerprint density at radius 1 is 1.19 bits per heavy atom. The summed E-state index contributed by atoms with van der Waals surface area (Å²) in [5.41, 5.74) is 1.10. The molecular weight excluding hydrogens is 345 g/mol. The van der Waals surface area contributed by atoms with Crippen molar-refractivity contribution < 1.29 is 22.4 Å². The van der Waals surface area contributed by atoms with Crippen LogP contribution in [0.3, 0.4) is 0 Å². The summed E-state index contributed by atoms with van der Waals surface area (Å²) in [4.78, 5) is 16.2. The predicted molar refractivity (Wildman–Crippen MR) is 90.4 cm³/mol. The van der Waals surface area contributed by atoms with Gasteiger partial charge in [-0.25, -0.2) is 4.98 Å². The van der Waals surface area contributed by atoms with Crippen molar-refractivity contribution in [2.45, 2.75) is 38.3 Å². The van der Waals surface area contributed by atoms with Crippen molar-refractivity contribution in [2.24, 2.45) is 0 Å². The van der Waals surface area contributed by atoms with E-state index in [2.05, 4.69) is 16.4 Å². The second-order valence-corrected chi connectivity index (χ2v) is 6.23. The molecule has 26 heavy (non-hydrogen) atoms. The van der Waals surface area contributed by atoms with E-state index in [0.717, 1.165) is 31.4 Å². The van der Waals surface area contributed by atoms with Crippen LogP contribution in [0.15, 0.2) is 46.6 Å². The molecule has 4 nitrogen and oxygen atoms in total. The number of hydrogen-bond donors (Lipinski definition) is 1. The summed E-state index contributed by atoms with van der Waals surface area (Å²) < 4.78 is 43.0. The number of halogens is 3. The molecule has 1 aliphatic rings. The molecule has 2 aromatic rings. The van der Waals surface area contributed by atoms with Gasteiger partial charge in [0.25, 0.3) is 5.91 Å². The highest BCUT2D eigenvalue weighted by Gasteiger charge is 2.30. The van der Waals surface area contributed by atoms with Gasteiger partial charge in [-0.3, -0.25) is 4.79 Å². The molecule has 0 bridgehead atoms. The van der Waals surface area contributed by atoms with Gasteiger partial charge in [-0.05, 0) is 56.4 Å². The Morgan fingerprint density at radius 2 is 1.96 bits per heavy atom. The quantitative estimate of drug-likeness (QED) is 0.761. The Labute approximate surface area is 149 Å². The zero-order valence-electron chi connectivity index (χ0n) is 14.1. The van der Waals surface area contributed by atoms with Crippen LogP contribution < -0.4 is 5.32 Å². The lowest BCUT2D eigenvalue weighted by Crippen LogP contribution is -2.25. The van der Waals surface area contributed by atoms with Gasteiger partial charge in [-0.15, -0.1) is 0 Å². The van der Waals surface area contributed by atoms with Gasteiger partial charge in [0.05, 0.1) is 5.56 Å². The van der Waals surface area contributed by atoms with Crippen LogP contribution in [-0.4, -0.2) is 17.4 Å². The molecule has 0 aliphatic heterocycles. The van der Waals surface area contributed by atoms with Gasteiger partial charge < -0.3 is 9.73 Å². The molecule has 0 atom stereocenters. The normalized spacial score (nSPS) is 14.8. The molecule has 0 saturated carbocycles. The molecule has 138 valence electrons. The Balaban J connectivity index is 1.58. The lowest BCUT2D eigenvalue weighted by Gasteiger charge is -2.12. The highest BCUT2D eigenvalue weighted by molar-refractivity contribution is 5.92. The fraction of sp³-hybridized carbons (Fsp3) is 0.368. The van der Waals surface area contributed by atoms with E-state index in [4.69, 9.17) is 4.42 Å². The van der Waals surface area contributed by atoms with E-state index in [0.29, 0.717) is 12.1 Å². The molecule has 1 aromatic heterocycles. The maximum atomic E-state index is 12.6. The fourth-order valence-corrected chi connectivity index (χ4v) is 2.87. The molecule has 1 aliphatic carbocycles. The Morgan fingerprint density at radius 3 is 2.62 bits per heavy atom. The third-order valence-corrected chi connectivity index (χ3v) is 4.31. The lowest BCUT2D eigenvalue weighted by molar-refractivity contribution is -0.137. The minimum Gasteiger partial charge on any atom is -0.444 e. The first-order chi connectivity index (χ1) is 12.4. The van der Waals surface area contributed by atoms with Gasteiger partial charge in [-0.1, -0.05) is 11.6 Å². The number of carbonyl (C=O) groups is 1. The summed E-state index contributed by atoms with van der Waals surface area (Å²) >= 11 is 0. The van der Waals surface area contributed by atoms with Crippen LogP contribution in [0.1, 0.15) is 48.2 Å². The number of alkyl halides is 3. The highest BCUT2D eigenvalue weighted by atomic mass is 19.4. The number of rotatable bonds is 5. The number of amides is 1.